The fourth-order valence-electron chi connectivity index (χ4n) is 2.69. The van der Waals surface area contributed by atoms with Crippen molar-refractivity contribution < 1.29 is 0 Å². The van der Waals surface area contributed by atoms with Gasteiger partial charge in [0, 0.05) is 25.1 Å². The van der Waals surface area contributed by atoms with Crippen molar-refractivity contribution in [1.82, 2.24) is 9.55 Å². The first kappa shape index (κ1) is 11.3. The Labute approximate surface area is 108 Å². The number of imidazole rings is 1. The molecule has 3 nitrogen and oxygen atoms in total. The first-order valence-electron chi connectivity index (χ1n) is 6.65. The molecule has 0 radical (unpaired) electrons. The lowest BCUT2D eigenvalue weighted by Gasteiger charge is -2.20. The van der Waals surface area contributed by atoms with E-state index >= 15 is 0 Å². The number of hydrogen-bond donors (Lipinski definition) is 1. The Bertz CT molecular complexity index is 542. The third-order valence-corrected chi connectivity index (χ3v) is 3.75. The van der Waals surface area contributed by atoms with E-state index in [-0.39, 0.29) is 0 Å². The quantitative estimate of drug-likeness (QED) is 0.895. The molecule has 0 atom stereocenters. The van der Waals surface area contributed by atoms with Crippen molar-refractivity contribution in [2.24, 2.45) is 7.05 Å². The minimum atomic E-state index is 0.792. The van der Waals surface area contributed by atoms with Gasteiger partial charge in [-0.2, -0.15) is 0 Å². The predicted molar refractivity (Wildman–Crippen MR) is 73.6 cm³/mol. The maximum Gasteiger partial charge on any atom is 0.127 e. The predicted octanol–water partition coefficient (Wildman–Crippen LogP) is 2.91. The van der Waals surface area contributed by atoms with E-state index in [1.165, 1.54) is 42.5 Å². The topological polar surface area (TPSA) is 29.9 Å². The molecule has 0 unspecified atom stereocenters. The van der Waals surface area contributed by atoms with E-state index in [0.717, 1.165) is 12.4 Å². The smallest absolute Gasteiger partial charge is 0.127 e. The Morgan fingerprint density at radius 2 is 2.17 bits per heavy atom. The van der Waals surface area contributed by atoms with Crippen LogP contribution in [0, 0.1) is 0 Å². The molecule has 3 heteroatoms. The maximum absolute atomic E-state index is 4.34. The molecule has 0 spiro atoms. The van der Waals surface area contributed by atoms with E-state index in [4.69, 9.17) is 0 Å². The summed E-state index contributed by atoms with van der Waals surface area (Å²) in [6, 6.07) is 6.61. The van der Waals surface area contributed by atoms with Crippen molar-refractivity contribution in [3.8, 4) is 0 Å². The normalized spacial score (nSPS) is 14.3. The van der Waals surface area contributed by atoms with Gasteiger partial charge in [0.2, 0.25) is 0 Å². The second-order valence-corrected chi connectivity index (χ2v) is 4.96. The Morgan fingerprint density at radius 1 is 1.28 bits per heavy atom. The van der Waals surface area contributed by atoms with Gasteiger partial charge in [0.1, 0.15) is 5.82 Å². The van der Waals surface area contributed by atoms with E-state index in [1.807, 2.05) is 19.4 Å². The Hall–Kier alpha value is -1.77. The third kappa shape index (κ3) is 2.13. The lowest BCUT2D eigenvalue weighted by molar-refractivity contribution is 0.685. The van der Waals surface area contributed by atoms with E-state index in [0.29, 0.717) is 0 Å². The van der Waals surface area contributed by atoms with Crippen LogP contribution >= 0.6 is 0 Å². The van der Waals surface area contributed by atoms with Crippen LogP contribution < -0.4 is 5.32 Å². The van der Waals surface area contributed by atoms with E-state index < -0.39 is 0 Å². The maximum atomic E-state index is 4.34. The van der Waals surface area contributed by atoms with Gasteiger partial charge in [0.05, 0.1) is 6.54 Å². The molecule has 0 aliphatic heterocycles. The number of anilines is 1. The van der Waals surface area contributed by atoms with Crippen LogP contribution in [0.1, 0.15) is 29.8 Å². The molecule has 1 N–H and O–H groups in total. The zero-order chi connectivity index (χ0) is 12.4. The Kier molecular flexibility index (Phi) is 3.05. The van der Waals surface area contributed by atoms with E-state index in [9.17, 15) is 0 Å². The molecule has 0 amide bonds. The van der Waals surface area contributed by atoms with E-state index in [1.54, 1.807) is 0 Å². The van der Waals surface area contributed by atoms with Crippen LogP contribution in [0.5, 0.6) is 0 Å². The fraction of sp³-hybridized carbons (Fsp3) is 0.400. The largest absolute Gasteiger partial charge is 0.378 e. The average Bonchev–Trinajstić information content (AvgIpc) is 2.82. The van der Waals surface area contributed by atoms with E-state index in [2.05, 4.69) is 33.1 Å². The summed E-state index contributed by atoms with van der Waals surface area (Å²) in [6.45, 7) is 0.792. The highest BCUT2D eigenvalue weighted by atomic mass is 15.1. The highest BCUT2D eigenvalue weighted by Gasteiger charge is 2.12. The van der Waals surface area contributed by atoms with Gasteiger partial charge in [-0.3, -0.25) is 0 Å². The molecule has 0 bridgehead atoms. The van der Waals surface area contributed by atoms with Crippen molar-refractivity contribution in [1.29, 1.82) is 0 Å². The molecule has 3 rings (SSSR count). The fourth-order valence-corrected chi connectivity index (χ4v) is 2.69. The second kappa shape index (κ2) is 4.84. The zero-order valence-electron chi connectivity index (χ0n) is 10.8. The number of fused-ring (bicyclic) bond motifs is 1. The molecule has 1 aromatic heterocycles. The number of benzene rings is 1. The van der Waals surface area contributed by atoms with Crippen molar-refractivity contribution in [3.63, 3.8) is 0 Å². The molecule has 1 aliphatic carbocycles. The number of nitrogens with one attached hydrogen (secondary N) is 1. The minimum absolute atomic E-state index is 0.792. The monoisotopic (exact) mass is 241 g/mol. The minimum Gasteiger partial charge on any atom is -0.378 e. The van der Waals surface area contributed by atoms with Gasteiger partial charge in [0.25, 0.3) is 0 Å². The second-order valence-electron chi connectivity index (χ2n) is 4.96. The van der Waals surface area contributed by atoms with Gasteiger partial charge < -0.3 is 9.88 Å². The first-order chi connectivity index (χ1) is 8.84. The van der Waals surface area contributed by atoms with Crippen molar-refractivity contribution in [2.45, 2.75) is 32.2 Å². The molecule has 2 aromatic rings. The molecule has 94 valence electrons. The Morgan fingerprint density at radius 3 is 3.00 bits per heavy atom. The molecule has 1 heterocycles. The van der Waals surface area contributed by atoms with Crippen LogP contribution in [0.25, 0.3) is 0 Å². The van der Waals surface area contributed by atoms with Crippen LogP contribution in [0.4, 0.5) is 5.69 Å². The number of aromatic nitrogens is 2. The van der Waals surface area contributed by atoms with Crippen LogP contribution in [0.15, 0.2) is 30.6 Å². The van der Waals surface area contributed by atoms with Crippen molar-refractivity contribution in [3.05, 3.63) is 47.5 Å². The number of rotatable bonds is 3. The van der Waals surface area contributed by atoms with Crippen LogP contribution in [-0.2, 0) is 26.4 Å². The lowest BCUT2D eigenvalue weighted by Crippen LogP contribution is -2.10. The van der Waals surface area contributed by atoms with Gasteiger partial charge in [0.15, 0.2) is 0 Å². The summed E-state index contributed by atoms with van der Waals surface area (Å²) in [4.78, 5) is 4.34. The SMILES string of the molecule is Cn1ccnc1CNc1cccc2c1CCCC2. The zero-order valence-corrected chi connectivity index (χ0v) is 10.8. The molecular formula is C15H19N3. The molecule has 0 saturated carbocycles. The summed E-state index contributed by atoms with van der Waals surface area (Å²) in [6.07, 6.45) is 8.91. The summed E-state index contributed by atoms with van der Waals surface area (Å²) < 4.78 is 2.06. The standard InChI is InChI=1S/C15H19N3/c1-18-10-9-16-15(18)11-17-14-8-4-6-12-5-2-3-7-13(12)14/h4,6,8-10,17H,2-3,5,7,11H2,1H3. The van der Waals surface area contributed by atoms with Gasteiger partial charge in [-0.25, -0.2) is 4.98 Å². The van der Waals surface area contributed by atoms with Crippen LogP contribution in [-0.4, -0.2) is 9.55 Å². The van der Waals surface area contributed by atoms with Crippen molar-refractivity contribution >= 4 is 5.69 Å². The van der Waals surface area contributed by atoms with Gasteiger partial charge >= 0.3 is 0 Å². The third-order valence-electron chi connectivity index (χ3n) is 3.75. The number of hydrogen-bond acceptors (Lipinski definition) is 2. The van der Waals surface area contributed by atoms with Gasteiger partial charge in [-0.1, -0.05) is 12.1 Å². The summed E-state index contributed by atoms with van der Waals surface area (Å²) in [5.74, 6) is 1.07. The molecule has 1 aromatic carbocycles. The number of nitrogens with zero attached hydrogens (tertiary/aromatic N) is 2. The summed E-state index contributed by atoms with van der Waals surface area (Å²) in [7, 11) is 2.03. The molecule has 0 saturated heterocycles. The molecule has 1 aliphatic rings. The highest BCUT2D eigenvalue weighted by molar-refractivity contribution is 5.55. The Balaban J connectivity index is 1.79. The van der Waals surface area contributed by atoms with Crippen LogP contribution in [0.2, 0.25) is 0 Å². The van der Waals surface area contributed by atoms with Crippen LogP contribution in [0.3, 0.4) is 0 Å². The highest BCUT2D eigenvalue weighted by Crippen LogP contribution is 2.27. The summed E-state index contributed by atoms with van der Waals surface area (Å²) >= 11 is 0. The number of aryl methyl sites for hydroxylation is 2. The van der Waals surface area contributed by atoms with Gasteiger partial charge in [-0.15, -0.1) is 0 Å². The molecule has 18 heavy (non-hydrogen) atoms. The molecular weight excluding hydrogens is 222 g/mol. The van der Waals surface area contributed by atoms with Crippen molar-refractivity contribution in [2.75, 3.05) is 5.32 Å². The average molecular weight is 241 g/mol. The first-order valence-corrected chi connectivity index (χ1v) is 6.65. The molecule has 0 fully saturated rings. The van der Waals surface area contributed by atoms with Gasteiger partial charge in [-0.05, 0) is 42.9 Å². The lowest BCUT2D eigenvalue weighted by atomic mass is 9.90. The summed E-state index contributed by atoms with van der Waals surface area (Å²) in [5.41, 5.74) is 4.32. The summed E-state index contributed by atoms with van der Waals surface area (Å²) in [5, 5.41) is 3.53.